The molecular weight excluding hydrogens is 328 g/mol. The summed E-state index contributed by atoms with van der Waals surface area (Å²) in [6.07, 6.45) is 5.74. The first-order chi connectivity index (χ1) is 11.9. The smallest absolute Gasteiger partial charge is 0.351 e. The average Bonchev–Trinajstić information content (AvgIpc) is 3.03. The normalized spacial score (nSPS) is 48.2. The highest BCUT2D eigenvalue weighted by atomic mass is 16.6. The summed E-state index contributed by atoms with van der Waals surface area (Å²) in [4.78, 5) is 25.9. The Balaban J connectivity index is 1.59. The molecule has 1 saturated heterocycles. The second kappa shape index (κ2) is 5.26. The van der Waals surface area contributed by atoms with Crippen molar-refractivity contribution in [3.05, 3.63) is 0 Å². The maximum absolute atomic E-state index is 13.4. The summed E-state index contributed by atoms with van der Waals surface area (Å²) in [5.41, 5.74) is -2.02. The number of hydrogen-bond donors (Lipinski definition) is 0. The summed E-state index contributed by atoms with van der Waals surface area (Å²) in [7, 11) is 0. The van der Waals surface area contributed by atoms with Crippen molar-refractivity contribution in [3.63, 3.8) is 0 Å². The zero-order valence-corrected chi connectivity index (χ0v) is 17.2. The van der Waals surface area contributed by atoms with Gasteiger partial charge in [-0.2, -0.15) is 0 Å². The summed E-state index contributed by atoms with van der Waals surface area (Å²) in [5.74, 6) is 1.28. The van der Waals surface area contributed by atoms with Crippen LogP contribution in [0.5, 0.6) is 0 Å². The molecule has 4 nitrogen and oxygen atoms in total. The Morgan fingerprint density at radius 1 is 1.04 bits per heavy atom. The van der Waals surface area contributed by atoms with Gasteiger partial charge in [0.05, 0.1) is 5.41 Å². The van der Waals surface area contributed by atoms with Crippen LogP contribution >= 0.6 is 0 Å². The standard InChI is InChI=1S/C22H34O4/c1-13-7-8-14-15(13)11-19(2,3)12-16(14)25-18(24)22-10-9-21(6,17(23)26-22)20(22,4)5/h13-16H,7-12H2,1-6H3/t13-,14-,15+,16+,21-,22+/m0/s1. The highest BCUT2D eigenvalue weighted by Crippen LogP contribution is 2.66. The first-order valence-corrected chi connectivity index (χ1v) is 10.4. The van der Waals surface area contributed by atoms with Crippen molar-refractivity contribution in [2.75, 3.05) is 0 Å². The molecular formula is C22H34O4. The molecule has 3 saturated carbocycles. The topological polar surface area (TPSA) is 52.6 Å². The van der Waals surface area contributed by atoms with Crippen LogP contribution in [0.2, 0.25) is 0 Å². The summed E-state index contributed by atoms with van der Waals surface area (Å²) < 4.78 is 11.9. The Bertz CT molecular complexity index is 651. The predicted molar refractivity (Wildman–Crippen MR) is 98.2 cm³/mol. The second-order valence-electron chi connectivity index (χ2n) is 11.1. The fourth-order valence-corrected chi connectivity index (χ4v) is 6.60. The molecule has 4 aliphatic rings. The van der Waals surface area contributed by atoms with Crippen LogP contribution in [-0.2, 0) is 19.1 Å². The molecule has 4 fully saturated rings. The number of carbonyl (C=O) groups excluding carboxylic acids is 2. The van der Waals surface area contributed by atoms with E-state index in [0.717, 1.165) is 12.8 Å². The van der Waals surface area contributed by atoms with Gasteiger partial charge < -0.3 is 9.47 Å². The van der Waals surface area contributed by atoms with Crippen LogP contribution in [0.4, 0.5) is 0 Å². The van der Waals surface area contributed by atoms with E-state index in [0.29, 0.717) is 30.6 Å². The van der Waals surface area contributed by atoms with E-state index in [1.165, 1.54) is 12.8 Å². The average molecular weight is 363 g/mol. The fraction of sp³-hybridized carbons (Fsp3) is 0.909. The number of esters is 2. The van der Waals surface area contributed by atoms with Crippen LogP contribution in [0, 0.1) is 34.0 Å². The third-order valence-corrected chi connectivity index (χ3v) is 8.93. The lowest BCUT2D eigenvalue weighted by Crippen LogP contribution is -2.52. The minimum atomic E-state index is -1.10. The molecule has 26 heavy (non-hydrogen) atoms. The lowest BCUT2D eigenvalue weighted by Gasteiger charge is -2.45. The summed E-state index contributed by atoms with van der Waals surface area (Å²) >= 11 is 0. The van der Waals surface area contributed by atoms with Crippen LogP contribution in [0.3, 0.4) is 0 Å². The molecule has 0 aromatic heterocycles. The lowest BCUT2D eigenvalue weighted by molar-refractivity contribution is -0.193. The van der Waals surface area contributed by atoms with Crippen molar-refractivity contribution in [1.29, 1.82) is 0 Å². The third kappa shape index (κ3) is 2.13. The van der Waals surface area contributed by atoms with Gasteiger partial charge in [-0.25, -0.2) is 4.79 Å². The molecule has 6 atom stereocenters. The highest BCUT2D eigenvalue weighted by Gasteiger charge is 2.76. The van der Waals surface area contributed by atoms with Crippen molar-refractivity contribution in [2.24, 2.45) is 34.0 Å². The SMILES string of the molecule is C[C@H]1CC[C@H]2[C@@H]1CC(C)(C)C[C@H]2OC(=O)[C@@]12CC[C@@](C)(C(=O)O1)C2(C)C. The van der Waals surface area contributed by atoms with Gasteiger partial charge in [0, 0.05) is 5.41 Å². The van der Waals surface area contributed by atoms with Gasteiger partial charge in [-0.3, -0.25) is 4.79 Å². The molecule has 4 heteroatoms. The van der Waals surface area contributed by atoms with Crippen molar-refractivity contribution in [1.82, 2.24) is 0 Å². The van der Waals surface area contributed by atoms with Crippen molar-refractivity contribution in [3.8, 4) is 0 Å². The number of ether oxygens (including phenoxy) is 2. The van der Waals surface area contributed by atoms with Crippen molar-refractivity contribution >= 4 is 11.9 Å². The molecule has 0 spiro atoms. The van der Waals surface area contributed by atoms with E-state index in [1.807, 2.05) is 20.8 Å². The zero-order chi connectivity index (χ0) is 19.1. The Kier molecular flexibility index (Phi) is 3.70. The lowest BCUT2D eigenvalue weighted by atomic mass is 9.65. The maximum atomic E-state index is 13.4. The quantitative estimate of drug-likeness (QED) is 0.679. The van der Waals surface area contributed by atoms with E-state index in [2.05, 4.69) is 20.8 Å². The van der Waals surface area contributed by atoms with Crippen LogP contribution in [0.25, 0.3) is 0 Å². The zero-order valence-electron chi connectivity index (χ0n) is 17.2. The summed E-state index contributed by atoms with van der Waals surface area (Å²) in [5, 5.41) is 0. The monoisotopic (exact) mass is 362 g/mol. The molecule has 0 aromatic rings. The van der Waals surface area contributed by atoms with Gasteiger partial charge in [0.25, 0.3) is 0 Å². The van der Waals surface area contributed by atoms with E-state index in [1.54, 1.807) is 0 Å². The fourth-order valence-electron chi connectivity index (χ4n) is 6.60. The largest absolute Gasteiger partial charge is 0.459 e. The van der Waals surface area contributed by atoms with Gasteiger partial charge in [-0.15, -0.1) is 0 Å². The molecule has 3 aliphatic carbocycles. The van der Waals surface area contributed by atoms with Crippen molar-refractivity contribution < 1.29 is 19.1 Å². The van der Waals surface area contributed by atoms with E-state index >= 15 is 0 Å². The molecule has 0 radical (unpaired) electrons. The second-order valence-corrected chi connectivity index (χ2v) is 11.1. The molecule has 0 aromatic carbocycles. The third-order valence-electron chi connectivity index (χ3n) is 8.93. The van der Waals surface area contributed by atoms with Gasteiger partial charge in [-0.05, 0) is 62.2 Å². The van der Waals surface area contributed by atoms with Crippen LogP contribution in [-0.4, -0.2) is 23.6 Å². The molecule has 0 unspecified atom stereocenters. The first-order valence-electron chi connectivity index (χ1n) is 10.4. The van der Waals surface area contributed by atoms with E-state index < -0.39 is 16.4 Å². The minimum Gasteiger partial charge on any atom is -0.459 e. The molecule has 1 aliphatic heterocycles. The number of rotatable bonds is 2. The molecule has 2 bridgehead atoms. The van der Waals surface area contributed by atoms with Crippen molar-refractivity contribution in [2.45, 2.75) is 91.8 Å². The molecule has 1 heterocycles. The maximum Gasteiger partial charge on any atom is 0.351 e. The van der Waals surface area contributed by atoms with Crippen LogP contribution < -0.4 is 0 Å². The molecule has 146 valence electrons. The summed E-state index contributed by atoms with van der Waals surface area (Å²) in [6, 6.07) is 0. The Morgan fingerprint density at radius 3 is 2.31 bits per heavy atom. The van der Waals surface area contributed by atoms with Crippen LogP contribution in [0.15, 0.2) is 0 Å². The Labute approximate surface area is 157 Å². The van der Waals surface area contributed by atoms with E-state index in [-0.39, 0.29) is 23.5 Å². The molecule has 0 amide bonds. The van der Waals surface area contributed by atoms with Gasteiger partial charge in [-0.1, -0.05) is 41.0 Å². The van der Waals surface area contributed by atoms with Gasteiger partial charge in [0.15, 0.2) is 0 Å². The predicted octanol–water partition coefficient (Wildman–Crippen LogP) is 4.50. The number of hydrogen-bond acceptors (Lipinski definition) is 4. The Hall–Kier alpha value is -1.06. The Morgan fingerprint density at radius 2 is 1.73 bits per heavy atom. The first kappa shape index (κ1) is 18.3. The van der Waals surface area contributed by atoms with Crippen LogP contribution in [0.1, 0.15) is 80.1 Å². The minimum absolute atomic E-state index is 0.0440. The summed E-state index contributed by atoms with van der Waals surface area (Å²) in [6.45, 7) is 12.9. The van der Waals surface area contributed by atoms with E-state index in [9.17, 15) is 9.59 Å². The number of fused-ring (bicyclic) bond motifs is 3. The van der Waals surface area contributed by atoms with Gasteiger partial charge >= 0.3 is 11.9 Å². The van der Waals surface area contributed by atoms with Gasteiger partial charge in [0.1, 0.15) is 6.10 Å². The van der Waals surface area contributed by atoms with Gasteiger partial charge in [0.2, 0.25) is 5.60 Å². The molecule has 4 rings (SSSR count). The highest BCUT2D eigenvalue weighted by molar-refractivity contribution is 5.93. The number of carbonyl (C=O) groups is 2. The molecule has 0 N–H and O–H groups in total. The van der Waals surface area contributed by atoms with E-state index in [4.69, 9.17) is 9.47 Å².